The zero-order chi connectivity index (χ0) is 19.1. The first kappa shape index (κ1) is 19.7. The lowest BCUT2D eigenvalue weighted by Gasteiger charge is -2.09. The Bertz CT molecular complexity index is 831. The smallest absolute Gasteiger partial charge is 0.345 e. The molecule has 1 aromatic heterocycles. The molecule has 2 heterocycles. The molecule has 7 nitrogen and oxygen atoms in total. The Morgan fingerprint density at radius 3 is 3.00 bits per heavy atom. The number of benzene rings is 1. The lowest BCUT2D eigenvalue weighted by molar-refractivity contribution is -0.121. The van der Waals surface area contributed by atoms with Crippen LogP contribution < -0.4 is 15.7 Å². The van der Waals surface area contributed by atoms with Crippen molar-refractivity contribution in [2.45, 2.75) is 51.6 Å². The van der Waals surface area contributed by atoms with E-state index in [4.69, 9.17) is 4.74 Å². The van der Waals surface area contributed by atoms with Crippen LogP contribution in [0.1, 0.15) is 37.9 Å². The number of ether oxygens (including phenoxy) is 1. The van der Waals surface area contributed by atoms with E-state index in [0.29, 0.717) is 39.0 Å². The lowest BCUT2D eigenvalue weighted by atomic mass is 10.2. The molecule has 3 rings (SSSR count). The molecule has 0 fully saturated rings. The number of aromatic nitrogens is 3. The highest BCUT2D eigenvalue weighted by molar-refractivity contribution is 9.10. The SMILES string of the molecule is O=C(CCCOc1cccc(Br)c1)NCCCn1nc2n(c1=O)CCCC2. The predicted molar refractivity (Wildman–Crippen MR) is 106 cm³/mol. The van der Waals surface area contributed by atoms with E-state index in [1.807, 2.05) is 24.3 Å². The van der Waals surface area contributed by atoms with Crippen LogP contribution in [0.2, 0.25) is 0 Å². The number of aryl methyl sites for hydroxylation is 2. The van der Waals surface area contributed by atoms with Gasteiger partial charge in [-0.2, -0.15) is 5.10 Å². The molecule has 2 aromatic rings. The normalized spacial score (nSPS) is 13.2. The molecule has 146 valence electrons. The summed E-state index contributed by atoms with van der Waals surface area (Å²) in [6, 6.07) is 7.64. The maximum atomic E-state index is 12.2. The molecule has 0 saturated heterocycles. The maximum Gasteiger partial charge on any atom is 0.345 e. The Kier molecular flexibility index (Phi) is 7.09. The molecule has 0 saturated carbocycles. The van der Waals surface area contributed by atoms with Crippen molar-refractivity contribution in [3.05, 3.63) is 45.0 Å². The number of hydrogen-bond donors (Lipinski definition) is 1. The minimum atomic E-state index is -0.0271. The number of carbonyl (C=O) groups excluding carboxylic acids is 1. The van der Waals surface area contributed by atoms with E-state index in [2.05, 4.69) is 26.3 Å². The third-order valence-electron chi connectivity index (χ3n) is 4.51. The molecule has 0 atom stereocenters. The van der Waals surface area contributed by atoms with Crippen LogP contribution in [0.3, 0.4) is 0 Å². The Morgan fingerprint density at radius 2 is 2.19 bits per heavy atom. The van der Waals surface area contributed by atoms with Gasteiger partial charge in [0.2, 0.25) is 5.91 Å². The summed E-state index contributed by atoms with van der Waals surface area (Å²) in [7, 11) is 0. The van der Waals surface area contributed by atoms with Gasteiger partial charge in [-0.05, 0) is 43.9 Å². The summed E-state index contributed by atoms with van der Waals surface area (Å²) in [4.78, 5) is 24.1. The van der Waals surface area contributed by atoms with E-state index in [0.717, 1.165) is 41.9 Å². The zero-order valence-corrected chi connectivity index (χ0v) is 16.9. The van der Waals surface area contributed by atoms with Crippen LogP contribution in [-0.2, 0) is 24.3 Å². The Balaban J connectivity index is 1.30. The van der Waals surface area contributed by atoms with Gasteiger partial charge in [0.25, 0.3) is 0 Å². The van der Waals surface area contributed by atoms with Crippen molar-refractivity contribution in [1.29, 1.82) is 0 Å². The molecule has 0 unspecified atom stereocenters. The number of fused-ring (bicyclic) bond motifs is 1. The summed E-state index contributed by atoms with van der Waals surface area (Å²) in [5.41, 5.74) is -0.0271. The first-order valence-electron chi connectivity index (χ1n) is 9.45. The highest BCUT2D eigenvalue weighted by atomic mass is 79.9. The molecule has 1 aromatic carbocycles. The first-order valence-corrected chi connectivity index (χ1v) is 10.2. The van der Waals surface area contributed by atoms with E-state index in [-0.39, 0.29) is 11.6 Å². The summed E-state index contributed by atoms with van der Waals surface area (Å²) >= 11 is 3.40. The lowest BCUT2D eigenvalue weighted by Crippen LogP contribution is -2.29. The van der Waals surface area contributed by atoms with Crippen LogP contribution in [0.5, 0.6) is 5.75 Å². The first-order chi connectivity index (χ1) is 13.1. The number of nitrogens with one attached hydrogen (secondary N) is 1. The van der Waals surface area contributed by atoms with Crippen molar-refractivity contribution >= 4 is 21.8 Å². The standard InChI is InChI=1S/C19H25BrN4O3/c20-15-6-3-7-16(14-15)27-13-4-9-18(25)21-10-5-12-24-19(26)23-11-2-1-8-17(23)22-24/h3,6-7,14H,1-2,4-5,8-13H2,(H,21,25). The Morgan fingerprint density at radius 1 is 1.30 bits per heavy atom. The van der Waals surface area contributed by atoms with E-state index >= 15 is 0 Å². The van der Waals surface area contributed by atoms with E-state index in [1.165, 1.54) is 4.68 Å². The van der Waals surface area contributed by atoms with Crippen LogP contribution in [0, 0.1) is 0 Å². The molecule has 1 aliphatic rings. The average Bonchev–Trinajstić information content (AvgIpc) is 2.99. The molecule has 0 radical (unpaired) electrons. The van der Waals surface area contributed by atoms with Crippen LogP contribution in [0.15, 0.2) is 33.5 Å². The second-order valence-corrected chi connectivity index (χ2v) is 7.56. The van der Waals surface area contributed by atoms with Gasteiger partial charge in [0, 0.05) is 36.9 Å². The number of nitrogens with zero attached hydrogens (tertiary/aromatic N) is 3. The molecule has 1 amide bonds. The van der Waals surface area contributed by atoms with Crippen molar-refractivity contribution < 1.29 is 9.53 Å². The Labute approximate surface area is 166 Å². The monoisotopic (exact) mass is 436 g/mol. The van der Waals surface area contributed by atoms with Crippen LogP contribution in [0.4, 0.5) is 0 Å². The molecular weight excluding hydrogens is 412 g/mol. The van der Waals surface area contributed by atoms with Crippen molar-refractivity contribution in [2.24, 2.45) is 0 Å². The van der Waals surface area contributed by atoms with Crippen LogP contribution >= 0.6 is 15.9 Å². The number of hydrogen-bond acceptors (Lipinski definition) is 4. The summed E-state index contributed by atoms with van der Waals surface area (Å²) < 4.78 is 9.88. The molecular formula is C19H25BrN4O3. The van der Waals surface area contributed by atoms with Gasteiger partial charge in [0.05, 0.1) is 6.61 Å². The molecule has 27 heavy (non-hydrogen) atoms. The second-order valence-electron chi connectivity index (χ2n) is 6.64. The highest BCUT2D eigenvalue weighted by Crippen LogP contribution is 2.17. The third-order valence-corrected chi connectivity index (χ3v) is 5.01. The van der Waals surface area contributed by atoms with E-state index < -0.39 is 0 Å². The van der Waals surface area contributed by atoms with Gasteiger partial charge < -0.3 is 10.1 Å². The molecule has 0 aliphatic carbocycles. The van der Waals surface area contributed by atoms with Gasteiger partial charge >= 0.3 is 5.69 Å². The fourth-order valence-corrected chi connectivity index (χ4v) is 3.50. The van der Waals surface area contributed by atoms with Crippen molar-refractivity contribution in [3.63, 3.8) is 0 Å². The van der Waals surface area contributed by atoms with Crippen LogP contribution in [0.25, 0.3) is 0 Å². The number of carbonyl (C=O) groups is 1. The second kappa shape index (κ2) is 9.73. The van der Waals surface area contributed by atoms with Gasteiger partial charge in [0.15, 0.2) is 0 Å². The topological polar surface area (TPSA) is 78.2 Å². The van der Waals surface area contributed by atoms with Gasteiger partial charge in [-0.15, -0.1) is 0 Å². The van der Waals surface area contributed by atoms with Crippen molar-refractivity contribution in [1.82, 2.24) is 19.7 Å². The maximum absolute atomic E-state index is 12.2. The highest BCUT2D eigenvalue weighted by Gasteiger charge is 2.16. The Hall–Kier alpha value is -2.09. The quantitative estimate of drug-likeness (QED) is 0.612. The van der Waals surface area contributed by atoms with Crippen molar-refractivity contribution in [3.8, 4) is 5.75 Å². The number of amides is 1. The number of rotatable bonds is 9. The fourth-order valence-electron chi connectivity index (χ4n) is 3.12. The molecule has 0 spiro atoms. The third kappa shape index (κ3) is 5.69. The van der Waals surface area contributed by atoms with Gasteiger partial charge in [-0.3, -0.25) is 9.36 Å². The zero-order valence-electron chi connectivity index (χ0n) is 15.3. The molecule has 8 heteroatoms. The predicted octanol–water partition coefficient (Wildman–Crippen LogP) is 2.51. The minimum absolute atomic E-state index is 0.00400. The molecule has 1 N–H and O–H groups in total. The van der Waals surface area contributed by atoms with Crippen molar-refractivity contribution in [2.75, 3.05) is 13.2 Å². The van der Waals surface area contributed by atoms with Gasteiger partial charge in [-0.1, -0.05) is 22.0 Å². The van der Waals surface area contributed by atoms with E-state index in [9.17, 15) is 9.59 Å². The minimum Gasteiger partial charge on any atom is -0.494 e. The van der Waals surface area contributed by atoms with Gasteiger partial charge in [-0.25, -0.2) is 9.48 Å². The van der Waals surface area contributed by atoms with Gasteiger partial charge in [0.1, 0.15) is 11.6 Å². The molecule has 0 bridgehead atoms. The summed E-state index contributed by atoms with van der Waals surface area (Å²) in [6.07, 6.45) is 4.79. The summed E-state index contributed by atoms with van der Waals surface area (Å²) in [5, 5.41) is 7.29. The van der Waals surface area contributed by atoms with E-state index in [1.54, 1.807) is 4.57 Å². The summed E-state index contributed by atoms with van der Waals surface area (Å²) in [6.45, 7) is 2.34. The largest absolute Gasteiger partial charge is 0.494 e. The summed E-state index contributed by atoms with van der Waals surface area (Å²) in [5.74, 6) is 1.68. The average molecular weight is 437 g/mol. The fraction of sp³-hybridized carbons (Fsp3) is 0.526. The molecule has 1 aliphatic heterocycles. The van der Waals surface area contributed by atoms with Crippen LogP contribution in [-0.4, -0.2) is 33.4 Å². The number of halogens is 1.